The Balaban J connectivity index is 1.30. The van der Waals surface area contributed by atoms with Crippen molar-refractivity contribution in [3.63, 3.8) is 0 Å². The van der Waals surface area contributed by atoms with Gasteiger partial charge in [0.2, 0.25) is 0 Å². The molecule has 5 aliphatic rings. The number of allylic oxidation sites excluding steroid dienone is 2. The van der Waals surface area contributed by atoms with Crippen LogP contribution in [0.3, 0.4) is 0 Å². The molecule has 0 aromatic carbocycles. The van der Waals surface area contributed by atoms with Gasteiger partial charge >= 0.3 is 0 Å². The molecule has 1 aliphatic heterocycles. The zero-order chi connectivity index (χ0) is 20.9. The monoisotopic (exact) mass is 416 g/mol. The average Bonchev–Trinajstić information content (AvgIpc) is 3.10. The van der Waals surface area contributed by atoms with E-state index in [1.165, 1.54) is 57.8 Å². The van der Waals surface area contributed by atoms with E-state index in [2.05, 4.69) is 26.8 Å². The second-order valence-corrected chi connectivity index (χ2v) is 11.9. The van der Waals surface area contributed by atoms with E-state index >= 15 is 0 Å². The third-order valence-corrected chi connectivity index (χ3v) is 10.6. The van der Waals surface area contributed by atoms with Crippen LogP contribution in [0.1, 0.15) is 97.8 Å². The van der Waals surface area contributed by atoms with E-state index in [4.69, 9.17) is 9.47 Å². The molecule has 3 saturated carbocycles. The number of ether oxygens (including phenoxy) is 2. The maximum Gasteiger partial charge on any atom is 0.160 e. The lowest BCUT2D eigenvalue weighted by Crippen LogP contribution is -2.50. The minimum absolute atomic E-state index is 0.182. The van der Waals surface area contributed by atoms with Gasteiger partial charge in [-0.05, 0) is 105 Å². The number of rotatable bonds is 4. The zero-order valence-corrected chi connectivity index (χ0v) is 19.6. The summed E-state index contributed by atoms with van der Waals surface area (Å²) in [7, 11) is 0. The van der Waals surface area contributed by atoms with Crippen molar-refractivity contribution in [2.45, 2.75) is 110 Å². The first-order valence-electron chi connectivity index (χ1n) is 13.1. The molecule has 170 valence electrons. The molecule has 9 atom stereocenters. The van der Waals surface area contributed by atoms with Crippen molar-refractivity contribution in [2.24, 2.45) is 40.4 Å². The molecule has 4 fully saturated rings. The summed E-state index contributed by atoms with van der Waals surface area (Å²) < 4.78 is 11.7. The van der Waals surface area contributed by atoms with Crippen molar-refractivity contribution in [2.75, 3.05) is 6.61 Å². The van der Waals surface area contributed by atoms with Crippen LogP contribution >= 0.6 is 0 Å². The molecule has 30 heavy (non-hydrogen) atoms. The average molecular weight is 417 g/mol. The van der Waals surface area contributed by atoms with E-state index in [0.717, 1.165) is 43.6 Å². The summed E-state index contributed by atoms with van der Waals surface area (Å²) in [5.41, 5.74) is 2.64. The molecular formula is C27H44O3. The van der Waals surface area contributed by atoms with Gasteiger partial charge in [0.1, 0.15) is 0 Å². The molecule has 0 spiro atoms. The van der Waals surface area contributed by atoms with Gasteiger partial charge in [0.25, 0.3) is 0 Å². The predicted molar refractivity (Wildman–Crippen MR) is 120 cm³/mol. The summed E-state index contributed by atoms with van der Waals surface area (Å²) in [6, 6.07) is 0. The van der Waals surface area contributed by atoms with E-state index in [1.807, 2.05) is 0 Å². The van der Waals surface area contributed by atoms with Crippen LogP contribution in [0.15, 0.2) is 11.6 Å². The molecule has 1 saturated heterocycles. The van der Waals surface area contributed by atoms with E-state index in [0.29, 0.717) is 16.7 Å². The quantitative estimate of drug-likeness (QED) is 0.422. The lowest BCUT2D eigenvalue weighted by Gasteiger charge is -2.58. The first kappa shape index (κ1) is 21.5. The first-order chi connectivity index (χ1) is 14.4. The summed E-state index contributed by atoms with van der Waals surface area (Å²) in [6.07, 6.45) is 17.2. The zero-order valence-electron chi connectivity index (χ0n) is 19.6. The lowest BCUT2D eigenvalue weighted by molar-refractivity contribution is -0.262. The third-order valence-electron chi connectivity index (χ3n) is 10.6. The first-order valence-corrected chi connectivity index (χ1v) is 13.1. The van der Waals surface area contributed by atoms with E-state index in [9.17, 15) is 5.11 Å². The van der Waals surface area contributed by atoms with Crippen molar-refractivity contribution < 1.29 is 14.6 Å². The van der Waals surface area contributed by atoms with Crippen LogP contribution < -0.4 is 0 Å². The third kappa shape index (κ3) is 3.42. The highest BCUT2D eigenvalue weighted by Gasteiger charge is 2.59. The second kappa shape index (κ2) is 8.19. The van der Waals surface area contributed by atoms with E-state index in [1.54, 1.807) is 5.57 Å². The number of fused-ring (bicyclic) bond motifs is 5. The molecule has 1 heterocycles. The molecule has 0 bridgehead atoms. The smallest absolute Gasteiger partial charge is 0.160 e. The van der Waals surface area contributed by atoms with Crippen molar-refractivity contribution in [3.05, 3.63) is 11.6 Å². The van der Waals surface area contributed by atoms with Gasteiger partial charge in [0.15, 0.2) is 12.6 Å². The Kier molecular flexibility index (Phi) is 5.86. The predicted octanol–water partition coefficient (Wildman–Crippen LogP) is 6.45. The number of aliphatic hydroxyl groups excluding tert-OH is 1. The normalized spacial score (nSPS) is 48.1. The fourth-order valence-electron chi connectivity index (χ4n) is 8.90. The van der Waals surface area contributed by atoms with Crippen molar-refractivity contribution in [1.29, 1.82) is 0 Å². The summed E-state index contributed by atoms with van der Waals surface area (Å²) in [6.45, 7) is 8.17. The molecular weight excluding hydrogens is 372 g/mol. The summed E-state index contributed by atoms with van der Waals surface area (Å²) >= 11 is 0. The Morgan fingerprint density at radius 3 is 2.70 bits per heavy atom. The Bertz CT molecular complexity index is 652. The Morgan fingerprint density at radius 1 is 1.03 bits per heavy atom. The number of aliphatic hydroxyl groups is 1. The van der Waals surface area contributed by atoms with Crippen molar-refractivity contribution >= 4 is 0 Å². The Hall–Kier alpha value is -0.380. The van der Waals surface area contributed by atoms with Crippen LogP contribution in [0.4, 0.5) is 0 Å². The van der Waals surface area contributed by atoms with Gasteiger partial charge in [0.05, 0.1) is 0 Å². The van der Waals surface area contributed by atoms with Crippen molar-refractivity contribution in [1.82, 2.24) is 0 Å². The Labute approximate surface area is 184 Å². The summed E-state index contributed by atoms with van der Waals surface area (Å²) in [5, 5.41) is 11.0. The fourth-order valence-corrected chi connectivity index (χ4v) is 8.90. The minimum atomic E-state index is -0.694. The maximum absolute atomic E-state index is 11.0. The highest BCUT2D eigenvalue weighted by Crippen LogP contribution is 2.67. The van der Waals surface area contributed by atoms with Crippen LogP contribution in [-0.4, -0.2) is 24.3 Å². The molecule has 0 aromatic heterocycles. The highest BCUT2D eigenvalue weighted by atomic mass is 16.7. The molecule has 0 aromatic rings. The lowest BCUT2D eigenvalue weighted by atomic mass is 9.47. The fraction of sp³-hybridized carbons (Fsp3) is 0.926. The van der Waals surface area contributed by atoms with Gasteiger partial charge in [-0.25, -0.2) is 0 Å². The van der Waals surface area contributed by atoms with E-state index < -0.39 is 6.29 Å². The Morgan fingerprint density at radius 2 is 1.90 bits per heavy atom. The standard InChI is InChI=1S/C27H44O3/c1-18(25(28)30-24-9-5-7-17-29-24)21-12-13-22-20-11-10-19-8-4-6-15-26(19,2)23(20)14-16-27(21,22)3/h10,18,20-25,28H,4-9,11-17H2,1-3H3/t18?,20-,21+,22-,23-,24?,25?,26-,27+/m0/s1. The van der Waals surface area contributed by atoms with Crippen LogP contribution in [-0.2, 0) is 9.47 Å². The molecule has 1 N–H and O–H groups in total. The van der Waals surface area contributed by atoms with Gasteiger partial charge in [-0.1, -0.05) is 38.8 Å². The molecule has 0 amide bonds. The topological polar surface area (TPSA) is 38.7 Å². The second-order valence-electron chi connectivity index (χ2n) is 11.9. The van der Waals surface area contributed by atoms with Crippen LogP contribution in [0.2, 0.25) is 0 Å². The summed E-state index contributed by atoms with van der Waals surface area (Å²) in [4.78, 5) is 0. The number of hydrogen-bond acceptors (Lipinski definition) is 3. The van der Waals surface area contributed by atoms with Gasteiger partial charge in [-0.15, -0.1) is 0 Å². The molecule has 3 unspecified atom stereocenters. The van der Waals surface area contributed by atoms with Crippen LogP contribution in [0.5, 0.6) is 0 Å². The SMILES string of the molecule is CC(C(O)OC1CCCCO1)[C@H]1CC[C@H]2[C@@H]3CC=C4CCCC[C@]4(C)[C@H]3CC[C@]12C. The van der Waals surface area contributed by atoms with Gasteiger partial charge in [0, 0.05) is 12.5 Å². The highest BCUT2D eigenvalue weighted by molar-refractivity contribution is 5.24. The van der Waals surface area contributed by atoms with Gasteiger partial charge in [-0.3, -0.25) is 0 Å². The molecule has 5 rings (SSSR count). The van der Waals surface area contributed by atoms with Crippen LogP contribution in [0, 0.1) is 40.4 Å². The molecule has 3 heteroatoms. The maximum atomic E-state index is 11.0. The van der Waals surface area contributed by atoms with Crippen LogP contribution in [0.25, 0.3) is 0 Å². The largest absolute Gasteiger partial charge is 0.368 e. The van der Waals surface area contributed by atoms with Crippen molar-refractivity contribution in [3.8, 4) is 0 Å². The minimum Gasteiger partial charge on any atom is -0.368 e. The van der Waals surface area contributed by atoms with Gasteiger partial charge < -0.3 is 14.6 Å². The van der Waals surface area contributed by atoms with E-state index in [-0.39, 0.29) is 12.2 Å². The molecule has 0 radical (unpaired) electrons. The molecule has 3 nitrogen and oxygen atoms in total. The van der Waals surface area contributed by atoms with Gasteiger partial charge in [-0.2, -0.15) is 0 Å². The molecule has 4 aliphatic carbocycles. The summed E-state index contributed by atoms with van der Waals surface area (Å²) in [5.74, 6) is 3.31. The number of hydrogen-bond donors (Lipinski definition) is 1.